The molecule has 2 rings (SSSR count). The van der Waals surface area contributed by atoms with Gasteiger partial charge < -0.3 is 0 Å². The topological polar surface area (TPSA) is 118 Å². The molecule has 0 bridgehead atoms. The summed E-state index contributed by atoms with van der Waals surface area (Å²) in [6, 6.07) is 8.46. The van der Waals surface area contributed by atoms with E-state index in [9.17, 15) is 23.3 Å². The van der Waals surface area contributed by atoms with E-state index in [4.69, 9.17) is 0 Å². The summed E-state index contributed by atoms with van der Waals surface area (Å²) in [7, 11) is -4.14. The number of hydrazine groups is 1. The highest BCUT2D eigenvalue weighted by molar-refractivity contribution is 7.89. The largest absolute Gasteiger partial charge is 0.273 e. The van der Waals surface area contributed by atoms with Gasteiger partial charge in [-0.15, -0.1) is 4.83 Å². The number of nitrogens with zero attached hydrogens (tertiary/aromatic N) is 1. The van der Waals surface area contributed by atoms with Crippen LogP contribution < -0.4 is 10.3 Å². The van der Waals surface area contributed by atoms with Crippen LogP contribution in [0.15, 0.2) is 41.3 Å². The number of hydrogen-bond acceptors (Lipinski definition) is 5. The summed E-state index contributed by atoms with van der Waals surface area (Å²) in [4.78, 5) is 24.0. The maximum absolute atomic E-state index is 12.2. The molecule has 1 amide bonds. The molecule has 0 aliphatic carbocycles. The Balaban J connectivity index is 2.19. The minimum Gasteiger partial charge on any atom is -0.273 e. The third-order valence-corrected chi connectivity index (χ3v) is 5.00. The fraction of sp³-hybridized carbons (Fsp3) is 0.188. The molecular weight excluding hydrogens is 346 g/mol. The molecule has 0 spiro atoms. The molecule has 132 valence electrons. The molecule has 0 fully saturated rings. The summed E-state index contributed by atoms with van der Waals surface area (Å²) in [5, 5.41) is 10.9. The van der Waals surface area contributed by atoms with Crippen molar-refractivity contribution in [2.75, 3.05) is 0 Å². The van der Waals surface area contributed by atoms with Crippen LogP contribution in [0.5, 0.6) is 0 Å². The van der Waals surface area contributed by atoms with E-state index in [0.29, 0.717) is 11.1 Å². The Morgan fingerprint density at radius 3 is 2.24 bits per heavy atom. The van der Waals surface area contributed by atoms with E-state index in [1.165, 1.54) is 19.1 Å². The number of carbonyl (C=O) groups excluding carboxylic acids is 1. The Bertz CT molecular complexity index is 954. The van der Waals surface area contributed by atoms with Gasteiger partial charge in [0.05, 0.1) is 9.82 Å². The van der Waals surface area contributed by atoms with E-state index in [-0.39, 0.29) is 10.6 Å². The second kappa shape index (κ2) is 6.99. The zero-order chi connectivity index (χ0) is 18.8. The van der Waals surface area contributed by atoms with Gasteiger partial charge in [0.2, 0.25) is 0 Å². The third-order valence-electron chi connectivity index (χ3n) is 3.76. The molecule has 0 saturated carbocycles. The smallest absolute Gasteiger partial charge is 0.273 e. The van der Waals surface area contributed by atoms with Crippen molar-refractivity contribution >= 4 is 21.6 Å². The number of nitrogens with one attached hydrogen (secondary N) is 2. The van der Waals surface area contributed by atoms with Crippen molar-refractivity contribution in [2.45, 2.75) is 25.7 Å². The van der Waals surface area contributed by atoms with Gasteiger partial charge in [0.15, 0.2) is 0 Å². The molecule has 0 heterocycles. The lowest BCUT2D eigenvalue weighted by Crippen LogP contribution is -2.41. The predicted octanol–water partition coefficient (Wildman–Crippen LogP) is 2.14. The van der Waals surface area contributed by atoms with Crippen LogP contribution in [0.4, 0.5) is 5.69 Å². The van der Waals surface area contributed by atoms with Crippen LogP contribution in [-0.2, 0) is 10.0 Å². The van der Waals surface area contributed by atoms with Gasteiger partial charge in [-0.2, -0.15) is 0 Å². The highest BCUT2D eigenvalue weighted by atomic mass is 32.2. The van der Waals surface area contributed by atoms with Crippen LogP contribution in [0.2, 0.25) is 0 Å². The van der Waals surface area contributed by atoms with E-state index < -0.39 is 20.9 Å². The lowest BCUT2D eigenvalue weighted by atomic mass is 10.1. The molecule has 0 radical (unpaired) electrons. The predicted molar refractivity (Wildman–Crippen MR) is 91.5 cm³/mol. The van der Waals surface area contributed by atoms with Crippen LogP contribution in [0, 0.1) is 30.9 Å². The summed E-state index contributed by atoms with van der Waals surface area (Å²) in [5.74, 6) is -0.631. The lowest BCUT2D eigenvalue weighted by Gasteiger charge is -2.10. The van der Waals surface area contributed by atoms with Crippen molar-refractivity contribution in [3.05, 3.63) is 68.8 Å². The van der Waals surface area contributed by atoms with E-state index in [2.05, 4.69) is 5.43 Å². The van der Waals surface area contributed by atoms with Gasteiger partial charge in [0, 0.05) is 17.2 Å². The minimum atomic E-state index is -4.14. The van der Waals surface area contributed by atoms with Crippen molar-refractivity contribution in [1.29, 1.82) is 0 Å². The van der Waals surface area contributed by atoms with Crippen molar-refractivity contribution < 1.29 is 18.1 Å². The molecule has 0 aromatic heterocycles. The first-order valence-electron chi connectivity index (χ1n) is 7.26. The number of hydrogen-bond donors (Lipinski definition) is 2. The normalized spacial score (nSPS) is 11.2. The van der Waals surface area contributed by atoms with Crippen molar-refractivity contribution in [3.8, 4) is 0 Å². The van der Waals surface area contributed by atoms with Gasteiger partial charge in [0.25, 0.3) is 21.6 Å². The molecule has 2 aromatic carbocycles. The number of amides is 1. The Kier molecular flexibility index (Phi) is 5.19. The van der Waals surface area contributed by atoms with Crippen LogP contribution in [0.25, 0.3) is 0 Å². The Morgan fingerprint density at radius 1 is 1.00 bits per heavy atom. The first kappa shape index (κ1) is 18.6. The monoisotopic (exact) mass is 363 g/mol. The molecule has 0 saturated heterocycles. The van der Waals surface area contributed by atoms with Gasteiger partial charge in [-0.3, -0.25) is 20.3 Å². The summed E-state index contributed by atoms with van der Waals surface area (Å²) < 4.78 is 24.5. The van der Waals surface area contributed by atoms with Gasteiger partial charge >= 0.3 is 0 Å². The number of sulfonamides is 1. The maximum Gasteiger partial charge on any atom is 0.273 e. The van der Waals surface area contributed by atoms with Crippen molar-refractivity contribution in [2.24, 2.45) is 0 Å². The molecule has 0 unspecified atom stereocenters. The molecule has 2 aromatic rings. The number of rotatable bonds is 5. The third kappa shape index (κ3) is 4.20. The van der Waals surface area contributed by atoms with E-state index >= 15 is 0 Å². The molecule has 0 atom stereocenters. The highest BCUT2D eigenvalue weighted by Crippen LogP contribution is 2.21. The van der Waals surface area contributed by atoms with Crippen LogP contribution in [0.3, 0.4) is 0 Å². The van der Waals surface area contributed by atoms with Gasteiger partial charge in [0.1, 0.15) is 0 Å². The summed E-state index contributed by atoms with van der Waals surface area (Å²) in [6.07, 6.45) is 0. The number of nitro benzene ring substituents is 1. The number of nitro groups is 1. The molecule has 2 N–H and O–H groups in total. The summed E-state index contributed by atoms with van der Waals surface area (Å²) in [5.41, 5.74) is 4.31. The van der Waals surface area contributed by atoms with Gasteiger partial charge in [-0.1, -0.05) is 12.1 Å². The SMILES string of the molecule is Cc1ccc(C(=O)NNS(=O)(=O)c2ccc(C)c([N+](=O)[O-])c2)cc1C. The number of aryl methyl sites for hydroxylation is 3. The zero-order valence-electron chi connectivity index (χ0n) is 13.9. The van der Waals surface area contributed by atoms with Gasteiger partial charge in [-0.05, 0) is 50.1 Å². The second-order valence-corrected chi connectivity index (χ2v) is 7.25. The first-order valence-corrected chi connectivity index (χ1v) is 8.74. The van der Waals surface area contributed by atoms with Gasteiger partial charge in [-0.25, -0.2) is 8.42 Å². The zero-order valence-corrected chi connectivity index (χ0v) is 14.7. The first-order chi connectivity index (χ1) is 11.6. The highest BCUT2D eigenvalue weighted by Gasteiger charge is 2.20. The Labute approximate surface area is 145 Å². The Morgan fingerprint density at radius 2 is 1.64 bits per heavy atom. The van der Waals surface area contributed by atoms with Crippen molar-refractivity contribution in [1.82, 2.24) is 10.3 Å². The summed E-state index contributed by atoms with van der Waals surface area (Å²) >= 11 is 0. The second-order valence-electron chi connectivity index (χ2n) is 5.56. The van der Waals surface area contributed by atoms with E-state index in [1.54, 1.807) is 18.2 Å². The van der Waals surface area contributed by atoms with Crippen molar-refractivity contribution in [3.63, 3.8) is 0 Å². The average Bonchev–Trinajstić information content (AvgIpc) is 2.55. The van der Waals surface area contributed by atoms with Crippen LogP contribution >= 0.6 is 0 Å². The molecule has 9 heteroatoms. The van der Waals surface area contributed by atoms with E-state index in [0.717, 1.165) is 17.2 Å². The maximum atomic E-state index is 12.2. The molecular formula is C16H17N3O5S. The quantitative estimate of drug-likeness (QED) is 0.623. The number of benzene rings is 2. The molecule has 8 nitrogen and oxygen atoms in total. The molecule has 25 heavy (non-hydrogen) atoms. The molecule has 0 aliphatic rings. The standard InChI is InChI=1S/C16H17N3O5S/c1-10-4-6-13(8-12(10)3)16(20)17-18-25(23,24)14-7-5-11(2)15(9-14)19(21)22/h4-9,18H,1-3H3,(H,17,20). The summed E-state index contributed by atoms with van der Waals surface area (Å²) in [6.45, 7) is 5.23. The Hall–Kier alpha value is -2.78. The minimum absolute atomic E-state index is 0.292. The average molecular weight is 363 g/mol. The fourth-order valence-corrected chi connectivity index (χ4v) is 2.94. The number of carbonyl (C=O) groups is 1. The molecule has 0 aliphatic heterocycles. The van der Waals surface area contributed by atoms with Crippen LogP contribution in [-0.4, -0.2) is 19.2 Å². The van der Waals surface area contributed by atoms with E-state index in [1.807, 2.05) is 18.7 Å². The van der Waals surface area contributed by atoms with Crippen LogP contribution in [0.1, 0.15) is 27.0 Å². The lowest BCUT2D eigenvalue weighted by molar-refractivity contribution is -0.385. The fourth-order valence-electron chi connectivity index (χ4n) is 2.08.